The average Bonchev–Trinajstić information content (AvgIpc) is 3.08. The second-order valence-corrected chi connectivity index (χ2v) is 9.50. The summed E-state index contributed by atoms with van der Waals surface area (Å²) in [5, 5.41) is 6.64. The van der Waals surface area contributed by atoms with Gasteiger partial charge < -0.3 is 14.7 Å². The second kappa shape index (κ2) is 9.61. The molecule has 2 heterocycles. The number of urea groups is 1. The van der Waals surface area contributed by atoms with Crippen molar-refractivity contribution in [3.05, 3.63) is 41.3 Å². The molecule has 0 saturated carbocycles. The number of unbranched alkanes of at least 4 members (excludes halogenated alkanes) is 2. The van der Waals surface area contributed by atoms with Crippen molar-refractivity contribution in [1.29, 1.82) is 0 Å². The summed E-state index contributed by atoms with van der Waals surface area (Å²) in [5.41, 5.74) is 2.36. The Balaban J connectivity index is 1.54. The van der Waals surface area contributed by atoms with Crippen molar-refractivity contribution in [2.45, 2.75) is 51.3 Å². The molecular formula is C21H30N4O4S. The Morgan fingerprint density at radius 3 is 2.33 bits per heavy atom. The van der Waals surface area contributed by atoms with Crippen molar-refractivity contribution in [2.24, 2.45) is 0 Å². The van der Waals surface area contributed by atoms with Crippen molar-refractivity contribution >= 4 is 21.7 Å². The molecule has 0 atom stereocenters. The van der Waals surface area contributed by atoms with E-state index in [1.807, 2.05) is 24.3 Å². The van der Waals surface area contributed by atoms with Crippen molar-refractivity contribution in [2.75, 3.05) is 31.5 Å². The Morgan fingerprint density at radius 1 is 1.10 bits per heavy atom. The van der Waals surface area contributed by atoms with Crippen LogP contribution in [0, 0.1) is 13.8 Å². The van der Waals surface area contributed by atoms with Gasteiger partial charge in [-0.3, -0.25) is 0 Å². The molecule has 164 valence electrons. The molecule has 1 aliphatic heterocycles. The van der Waals surface area contributed by atoms with E-state index in [1.165, 1.54) is 29.1 Å². The first-order valence-electron chi connectivity index (χ1n) is 10.4. The van der Waals surface area contributed by atoms with Crippen LogP contribution in [0.15, 0.2) is 33.7 Å². The van der Waals surface area contributed by atoms with Crippen LogP contribution >= 0.6 is 0 Å². The first-order chi connectivity index (χ1) is 14.3. The van der Waals surface area contributed by atoms with Crippen LogP contribution < -0.4 is 5.32 Å². The summed E-state index contributed by atoms with van der Waals surface area (Å²) in [7, 11) is -3.68. The fourth-order valence-corrected chi connectivity index (χ4v) is 5.35. The molecule has 0 radical (unpaired) electrons. The van der Waals surface area contributed by atoms with Crippen LogP contribution in [-0.4, -0.2) is 55.0 Å². The van der Waals surface area contributed by atoms with E-state index in [9.17, 15) is 13.2 Å². The number of anilines is 1. The number of aryl methyl sites for hydroxylation is 3. The van der Waals surface area contributed by atoms with E-state index >= 15 is 0 Å². The standard InChI is InChI=1S/C21H30N4O4S/c1-4-5-6-7-18-8-10-19(11-9-18)22-21(26)24-12-14-25(15-13-24)30(27,28)20-16(2)23-29-17(20)3/h8-11H,4-7,12-15H2,1-3H3,(H,22,26). The highest BCUT2D eigenvalue weighted by Crippen LogP contribution is 2.24. The van der Waals surface area contributed by atoms with Crippen LogP contribution in [0.1, 0.15) is 43.2 Å². The van der Waals surface area contributed by atoms with Gasteiger partial charge in [-0.2, -0.15) is 4.31 Å². The molecule has 1 saturated heterocycles. The first-order valence-corrected chi connectivity index (χ1v) is 11.8. The SMILES string of the molecule is CCCCCc1ccc(NC(=O)N2CCN(S(=O)(=O)c3c(C)noc3C)CC2)cc1. The summed E-state index contributed by atoms with van der Waals surface area (Å²) < 4.78 is 32.2. The number of nitrogens with zero attached hydrogens (tertiary/aromatic N) is 3. The maximum absolute atomic E-state index is 12.9. The van der Waals surface area contributed by atoms with Gasteiger partial charge in [-0.1, -0.05) is 37.1 Å². The lowest BCUT2D eigenvalue weighted by Crippen LogP contribution is -2.51. The van der Waals surface area contributed by atoms with Crippen LogP contribution in [0.5, 0.6) is 0 Å². The average molecular weight is 435 g/mol. The molecule has 0 aliphatic carbocycles. The van der Waals surface area contributed by atoms with Gasteiger partial charge in [0.2, 0.25) is 10.0 Å². The van der Waals surface area contributed by atoms with Gasteiger partial charge in [-0.15, -0.1) is 0 Å². The number of hydrogen-bond acceptors (Lipinski definition) is 5. The quantitative estimate of drug-likeness (QED) is 0.672. The lowest BCUT2D eigenvalue weighted by atomic mass is 10.1. The Labute approximate surface area is 178 Å². The summed E-state index contributed by atoms with van der Waals surface area (Å²) >= 11 is 0. The van der Waals surface area contributed by atoms with Gasteiger partial charge in [0.1, 0.15) is 10.6 Å². The number of carbonyl (C=O) groups is 1. The molecule has 1 N–H and O–H groups in total. The third kappa shape index (κ3) is 5.02. The number of rotatable bonds is 7. The van der Waals surface area contributed by atoms with E-state index in [-0.39, 0.29) is 29.8 Å². The number of benzene rings is 1. The Morgan fingerprint density at radius 2 is 1.77 bits per heavy atom. The van der Waals surface area contributed by atoms with Gasteiger partial charge >= 0.3 is 6.03 Å². The van der Waals surface area contributed by atoms with Crippen molar-refractivity contribution in [3.8, 4) is 0 Å². The predicted octanol–water partition coefficient (Wildman–Crippen LogP) is 3.56. The summed E-state index contributed by atoms with van der Waals surface area (Å²) in [4.78, 5) is 14.3. The molecule has 0 unspecified atom stereocenters. The van der Waals surface area contributed by atoms with E-state index in [0.29, 0.717) is 18.8 Å². The summed E-state index contributed by atoms with van der Waals surface area (Å²) in [6.45, 7) is 6.50. The maximum atomic E-state index is 12.9. The zero-order valence-corrected chi connectivity index (χ0v) is 18.7. The molecule has 1 aromatic heterocycles. The zero-order valence-electron chi connectivity index (χ0n) is 17.8. The maximum Gasteiger partial charge on any atom is 0.321 e. The van der Waals surface area contributed by atoms with Crippen LogP contribution in [0.2, 0.25) is 0 Å². The van der Waals surface area contributed by atoms with Gasteiger partial charge in [0, 0.05) is 31.9 Å². The van der Waals surface area contributed by atoms with Crippen LogP contribution in [0.3, 0.4) is 0 Å². The molecule has 0 bridgehead atoms. The smallest absolute Gasteiger partial charge is 0.321 e. The minimum absolute atomic E-state index is 0.124. The molecule has 1 aliphatic rings. The van der Waals surface area contributed by atoms with Crippen LogP contribution in [-0.2, 0) is 16.4 Å². The third-order valence-electron chi connectivity index (χ3n) is 5.37. The molecule has 2 amide bonds. The van der Waals surface area contributed by atoms with Gasteiger partial charge in [0.05, 0.1) is 0 Å². The zero-order chi connectivity index (χ0) is 21.7. The Kier molecular flexibility index (Phi) is 7.14. The molecule has 30 heavy (non-hydrogen) atoms. The number of hydrogen-bond donors (Lipinski definition) is 1. The molecule has 1 aromatic carbocycles. The van der Waals surface area contributed by atoms with Gasteiger partial charge in [-0.05, 0) is 44.4 Å². The Bertz CT molecular complexity index is 942. The van der Waals surface area contributed by atoms with E-state index in [0.717, 1.165) is 12.1 Å². The lowest BCUT2D eigenvalue weighted by molar-refractivity contribution is 0.184. The van der Waals surface area contributed by atoms with Gasteiger partial charge in [0.15, 0.2) is 5.76 Å². The third-order valence-corrected chi connectivity index (χ3v) is 7.51. The Hall–Kier alpha value is -2.39. The van der Waals surface area contributed by atoms with E-state index < -0.39 is 10.0 Å². The van der Waals surface area contributed by atoms with Gasteiger partial charge in [-0.25, -0.2) is 13.2 Å². The number of carbonyl (C=O) groups excluding carboxylic acids is 1. The molecule has 9 heteroatoms. The topological polar surface area (TPSA) is 95.8 Å². The van der Waals surface area contributed by atoms with Crippen LogP contribution in [0.25, 0.3) is 0 Å². The summed E-state index contributed by atoms with van der Waals surface area (Å²) in [6.07, 6.45) is 4.63. The molecular weight excluding hydrogens is 404 g/mol. The molecule has 8 nitrogen and oxygen atoms in total. The number of piperazine rings is 1. The predicted molar refractivity (Wildman–Crippen MR) is 115 cm³/mol. The first kappa shape index (κ1) is 22.3. The number of sulfonamides is 1. The highest BCUT2D eigenvalue weighted by Gasteiger charge is 2.34. The molecule has 1 fully saturated rings. The van der Waals surface area contributed by atoms with E-state index in [4.69, 9.17) is 4.52 Å². The number of amides is 2. The van der Waals surface area contributed by atoms with Crippen LogP contribution in [0.4, 0.5) is 10.5 Å². The highest BCUT2D eigenvalue weighted by atomic mass is 32.2. The number of aromatic nitrogens is 1. The second-order valence-electron chi connectivity index (χ2n) is 7.63. The fraction of sp³-hybridized carbons (Fsp3) is 0.524. The van der Waals surface area contributed by atoms with E-state index in [1.54, 1.807) is 18.7 Å². The molecule has 3 rings (SSSR count). The summed E-state index contributed by atoms with van der Waals surface area (Å²) in [5.74, 6) is 0.283. The van der Waals surface area contributed by atoms with Crippen molar-refractivity contribution < 1.29 is 17.7 Å². The molecule has 2 aromatic rings. The lowest BCUT2D eigenvalue weighted by Gasteiger charge is -2.33. The van der Waals surface area contributed by atoms with E-state index in [2.05, 4.69) is 17.4 Å². The largest absolute Gasteiger partial charge is 0.360 e. The summed E-state index contributed by atoms with van der Waals surface area (Å²) in [6, 6.07) is 7.69. The fourth-order valence-electron chi connectivity index (χ4n) is 3.64. The minimum Gasteiger partial charge on any atom is -0.360 e. The molecule has 0 spiro atoms. The highest BCUT2D eigenvalue weighted by molar-refractivity contribution is 7.89. The normalized spacial score (nSPS) is 15.4. The van der Waals surface area contributed by atoms with Crippen molar-refractivity contribution in [1.82, 2.24) is 14.4 Å². The monoisotopic (exact) mass is 434 g/mol. The van der Waals surface area contributed by atoms with Gasteiger partial charge in [0.25, 0.3) is 0 Å². The number of nitrogens with one attached hydrogen (secondary N) is 1. The minimum atomic E-state index is -3.68. The van der Waals surface area contributed by atoms with Crippen molar-refractivity contribution in [3.63, 3.8) is 0 Å².